The van der Waals surface area contributed by atoms with Crippen LogP contribution in [0.5, 0.6) is 17.2 Å². The summed E-state index contributed by atoms with van der Waals surface area (Å²) in [6, 6.07) is 2.12. The minimum Gasteiger partial charge on any atom is -0.508 e. The largest absolute Gasteiger partial charge is 0.508 e. The smallest absolute Gasteiger partial charge is 0.238 e. The molecular formula is C15H16O9. The number of rotatable bonds is 2. The van der Waals surface area contributed by atoms with Crippen LogP contribution < -0.4 is 10.2 Å². The molecule has 0 saturated carbocycles. The molecule has 3 rings (SSSR count). The predicted molar refractivity (Wildman–Crippen MR) is 78.8 cm³/mol. The molecular weight excluding hydrogens is 324 g/mol. The lowest BCUT2D eigenvalue weighted by atomic mass is 10.00. The maximum Gasteiger partial charge on any atom is 0.238 e. The Balaban J connectivity index is 1.96. The molecule has 1 aliphatic rings. The molecule has 2 heterocycles. The number of ether oxygens (including phenoxy) is 2. The molecule has 130 valence electrons. The fourth-order valence-electron chi connectivity index (χ4n) is 2.52. The van der Waals surface area contributed by atoms with Crippen molar-refractivity contribution in [3.63, 3.8) is 0 Å². The zero-order valence-electron chi connectivity index (χ0n) is 12.5. The number of fused-ring (bicyclic) bond motifs is 1. The van der Waals surface area contributed by atoms with Crippen molar-refractivity contribution in [3.8, 4) is 17.2 Å². The Hall–Kier alpha value is -2.33. The van der Waals surface area contributed by atoms with E-state index in [4.69, 9.17) is 13.9 Å². The maximum atomic E-state index is 12.4. The summed E-state index contributed by atoms with van der Waals surface area (Å²) in [6.07, 6.45) is -5.75. The number of aromatic hydroxyl groups is 2. The van der Waals surface area contributed by atoms with Crippen LogP contribution >= 0.6 is 0 Å². The molecule has 0 radical (unpaired) electrons. The van der Waals surface area contributed by atoms with Gasteiger partial charge in [0.2, 0.25) is 17.5 Å². The highest BCUT2D eigenvalue weighted by Gasteiger charge is 2.43. The lowest BCUT2D eigenvalue weighted by Crippen LogP contribution is -2.58. The Kier molecular flexibility index (Phi) is 4.10. The first-order valence-electron chi connectivity index (χ1n) is 7.13. The monoisotopic (exact) mass is 340 g/mol. The van der Waals surface area contributed by atoms with Crippen LogP contribution in [0.1, 0.15) is 6.92 Å². The van der Waals surface area contributed by atoms with Gasteiger partial charge in [-0.2, -0.15) is 0 Å². The first-order valence-corrected chi connectivity index (χ1v) is 7.13. The van der Waals surface area contributed by atoms with Crippen molar-refractivity contribution in [3.05, 3.63) is 28.6 Å². The van der Waals surface area contributed by atoms with Gasteiger partial charge in [-0.05, 0) is 6.92 Å². The quantitative estimate of drug-likeness (QED) is 0.483. The number of benzene rings is 1. The summed E-state index contributed by atoms with van der Waals surface area (Å²) in [5.41, 5.74) is -0.809. The number of aliphatic hydroxyl groups is 3. The van der Waals surface area contributed by atoms with Gasteiger partial charge >= 0.3 is 0 Å². The predicted octanol–water partition coefficient (Wildman–Crippen LogP) is -0.589. The minimum absolute atomic E-state index is 0.0567. The second kappa shape index (κ2) is 5.95. The zero-order chi connectivity index (χ0) is 17.6. The van der Waals surface area contributed by atoms with Crippen LogP contribution in [0, 0.1) is 0 Å². The molecule has 9 nitrogen and oxygen atoms in total. The number of hydrogen-bond acceptors (Lipinski definition) is 9. The summed E-state index contributed by atoms with van der Waals surface area (Å²) in [4.78, 5) is 12.4. The third-order valence-corrected chi connectivity index (χ3v) is 3.86. The average molecular weight is 340 g/mol. The first-order chi connectivity index (χ1) is 11.3. The van der Waals surface area contributed by atoms with Crippen molar-refractivity contribution in [2.45, 2.75) is 37.6 Å². The van der Waals surface area contributed by atoms with E-state index in [1.165, 1.54) is 6.92 Å². The van der Waals surface area contributed by atoms with Gasteiger partial charge in [-0.3, -0.25) is 4.79 Å². The topological polar surface area (TPSA) is 150 Å². The molecule has 1 saturated heterocycles. The molecule has 1 fully saturated rings. The zero-order valence-corrected chi connectivity index (χ0v) is 12.5. The second-order valence-electron chi connectivity index (χ2n) is 5.57. The van der Waals surface area contributed by atoms with E-state index in [2.05, 4.69) is 0 Å². The maximum absolute atomic E-state index is 12.4. The van der Waals surface area contributed by atoms with E-state index in [1.54, 1.807) is 0 Å². The molecule has 2 aromatic rings. The van der Waals surface area contributed by atoms with E-state index < -0.39 is 41.9 Å². The van der Waals surface area contributed by atoms with Gasteiger partial charge in [-0.15, -0.1) is 0 Å². The third kappa shape index (κ3) is 2.67. The van der Waals surface area contributed by atoms with Crippen LogP contribution in [0.2, 0.25) is 0 Å². The second-order valence-corrected chi connectivity index (χ2v) is 5.57. The van der Waals surface area contributed by atoms with Gasteiger partial charge in [-0.1, -0.05) is 0 Å². The van der Waals surface area contributed by atoms with Crippen LogP contribution in [0.15, 0.2) is 27.6 Å². The summed E-state index contributed by atoms with van der Waals surface area (Å²) in [5, 5.41) is 48.3. The van der Waals surface area contributed by atoms with Gasteiger partial charge in [0.15, 0.2) is 0 Å². The first kappa shape index (κ1) is 16.5. The third-order valence-electron chi connectivity index (χ3n) is 3.86. The van der Waals surface area contributed by atoms with Gasteiger partial charge in [0, 0.05) is 12.1 Å². The van der Waals surface area contributed by atoms with E-state index in [0.717, 1.165) is 18.4 Å². The summed E-state index contributed by atoms with van der Waals surface area (Å²) in [5.74, 6) is -1.16. The highest BCUT2D eigenvalue weighted by atomic mass is 16.7. The van der Waals surface area contributed by atoms with Crippen molar-refractivity contribution in [1.82, 2.24) is 0 Å². The average Bonchev–Trinajstić information content (AvgIpc) is 2.52. The number of hydrogen-bond donors (Lipinski definition) is 5. The molecule has 5 atom stereocenters. The van der Waals surface area contributed by atoms with E-state index in [9.17, 15) is 30.3 Å². The van der Waals surface area contributed by atoms with Crippen LogP contribution in [-0.2, 0) is 4.74 Å². The number of aliphatic hydroxyl groups excluding tert-OH is 3. The Bertz CT molecular complexity index is 814. The normalized spacial score (nSPS) is 30.4. The van der Waals surface area contributed by atoms with Gasteiger partial charge in [0.05, 0.1) is 6.10 Å². The molecule has 5 N–H and O–H groups in total. The number of phenols is 2. The summed E-state index contributed by atoms with van der Waals surface area (Å²) < 4.78 is 15.6. The summed E-state index contributed by atoms with van der Waals surface area (Å²) in [7, 11) is 0. The Morgan fingerprint density at radius 1 is 1.08 bits per heavy atom. The van der Waals surface area contributed by atoms with Crippen LogP contribution in [-0.4, -0.2) is 56.2 Å². The van der Waals surface area contributed by atoms with Crippen molar-refractivity contribution in [2.75, 3.05) is 0 Å². The van der Waals surface area contributed by atoms with Gasteiger partial charge in [0.1, 0.15) is 47.0 Å². The minimum atomic E-state index is -1.60. The molecule has 0 spiro atoms. The van der Waals surface area contributed by atoms with Gasteiger partial charge in [0.25, 0.3) is 0 Å². The van der Waals surface area contributed by atoms with E-state index in [1.807, 2.05) is 0 Å². The highest BCUT2D eigenvalue weighted by molar-refractivity contribution is 5.85. The van der Waals surface area contributed by atoms with Crippen LogP contribution in [0.4, 0.5) is 0 Å². The van der Waals surface area contributed by atoms with Crippen molar-refractivity contribution in [2.24, 2.45) is 0 Å². The molecule has 1 aromatic heterocycles. The fraction of sp³-hybridized carbons (Fsp3) is 0.400. The summed E-state index contributed by atoms with van der Waals surface area (Å²) in [6.45, 7) is 1.47. The lowest BCUT2D eigenvalue weighted by molar-refractivity contribution is -0.268. The Labute approximate surface area is 134 Å². The Morgan fingerprint density at radius 2 is 1.79 bits per heavy atom. The lowest BCUT2D eigenvalue weighted by Gasteiger charge is -2.38. The van der Waals surface area contributed by atoms with Gasteiger partial charge < -0.3 is 39.4 Å². The molecule has 1 aliphatic heterocycles. The van der Waals surface area contributed by atoms with Crippen LogP contribution in [0.3, 0.4) is 0 Å². The molecule has 1 aromatic carbocycles. The SMILES string of the molecule is C[C@@H]1O[C@H](Oc2coc3cc(O)cc(O)c3c2=O)[C@H](O)[C@H](O)[C@H]1O. The number of phenolic OH excluding ortho intramolecular Hbond substituents is 2. The molecule has 9 heteroatoms. The van der Waals surface area contributed by atoms with E-state index in [-0.39, 0.29) is 22.5 Å². The van der Waals surface area contributed by atoms with Crippen molar-refractivity contribution < 1.29 is 39.4 Å². The Morgan fingerprint density at radius 3 is 2.50 bits per heavy atom. The fourth-order valence-corrected chi connectivity index (χ4v) is 2.52. The molecule has 0 bridgehead atoms. The highest BCUT2D eigenvalue weighted by Crippen LogP contribution is 2.30. The summed E-state index contributed by atoms with van der Waals surface area (Å²) >= 11 is 0. The van der Waals surface area contributed by atoms with E-state index in [0.29, 0.717) is 0 Å². The van der Waals surface area contributed by atoms with Crippen LogP contribution in [0.25, 0.3) is 11.0 Å². The molecule has 0 unspecified atom stereocenters. The molecule has 24 heavy (non-hydrogen) atoms. The van der Waals surface area contributed by atoms with Crippen molar-refractivity contribution >= 4 is 11.0 Å². The van der Waals surface area contributed by atoms with Gasteiger partial charge in [-0.25, -0.2) is 0 Å². The standard InChI is InChI=1S/C15H16O9/c1-5-11(18)13(20)14(21)15(23-5)24-9-4-22-8-3-6(16)2-7(17)10(8)12(9)19/h2-5,11,13-18,20-21H,1H3/t5-,11-,13+,14+,15+/m0/s1. The molecule has 0 aliphatic carbocycles. The van der Waals surface area contributed by atoms with Crippen molar-refractivity contribution in [1.29, 1.82) is 0 Å². The molecule has 0 amide bonds. The van der Waals surface area contributed by atoms with E-state index >= 15 is 0 Å².